The third-order valence-corrected chi connectivity index (χ3v) is 5.94. The summed E-state index contributed by atoms with van der Waals surface area (Å²) in [7, 11) is 1.62. The van der Waals surface area contributed by atoms with Gasteiger partial charge in [0.2, 0.25) is 11.1 Å². The summed E-state index contributed by atoms with van der Waals surface area (Å²) in [5.41, 5.74) is 1.85. The largest absolute Gasteiger partial charge is 0.494 e. The first-order valence-corrected chi connectivity index (χ1v) is 10.1. The van der Waals surface area contributed by atoms with Crippen molar-refractivity contribution in [1.29, 1.82) is 0 Å². The van der Waals surface area contributed by atoms with Crippen LogP contribution in [0.15, 0.2) is 23.4 Å². The normalized spacial score (nSPS) is 16.4. The van der Waals surface area contributed by atoms with Gasteiger partial charge in [-0.3, -0.25) is 4.79 Å². The number of likely N-dealkylation sites (N-methyl/N-ethyl adjacent to an activating group) is 1. The van der Waals surface area contributed by atoms with E-state index in [1.54, 1.807) is 16.7 Å². The predicted octanol–water partition coefficient (Wildman–Crippen LogP) is 0.207. The number of carbonyl (C=O) groups excluding carboxylic acids is 1. The van der Waals surface area contributed by atoms with Gasteiger partial charge in [-0.25, -0.2) is 0 Å². The van der Waals surface area contributed by atoms with Crippen LogP contribution in [0, 0.1) is 6.92 Å². The number of nitrogens with zero attached hydrogens (tertiary/aromatic N) is 5. The smallest absolute Gasteiger partial charge is 0.236 e. The predicted molar refractivity (Wildman–Crippen MR) is 104 cm³/mol. The number of carbonyl (C=O) groups is 1. The summed E-state index contributed by atoms with van der Waals surface area (Å²) >= 11 is 1.38. The van der Waals surface area contributed by atoms with Gasteiger partial charge in [-0.05, 0) is 48.9 Å². The Labute approximate surface area is 163 Å². The van der Waals surface area contributed by atoms with Gasteiger partial charge in [-0.15, -0.1) is 5.10 Å². The molecule has 27 heavy (non-hydrogen) atoms. The molecule has 2 heterocycles. The van der Waals surface area contributed by atoms with E-state index in [0.717, 1.165) is 44.0 Å². The molecule has 1 aromatic carbocycles. The number of tetrazole rings is 1. The molecule has 1 aliphatic rings. The molecule has 0 radical (unpaired) electrons. The summed E-state index contributed by atoms with van der Waals surface area (Å²) in [5, 5.41) is 12.4. The van der Waals surface area contributed by atoms with E-state index in [1.807, 2.05) is 36.9 Å². The molecule has 2 aromatic rings. The Morgan fingerprint density at radius 1 is 1.37 bits per heavy atom. The molecule has 0 bridgehead atoms. The monoisotopic (exact) mass is 391 g/mol. The molecule has 0 unspecified atom stereocenters. The lowest BCUT2D eigenvalue weighted by molar-refractivity contribution is -0.902. The van der Waals surface area contributed by atoms with Gasteiger partial charge in [0.25, 0.3) is 0 Å². The van der Waals surface area contributed by atoms with Crippen molar-refractivity contribution < 1.29 is 14.4 Å². The van der Waals surface area contributed by atoms with Crippen molar-refractivity contribution in [3.05, 3.63) is 23.8 Å². The third kappa shape index (κ3) is 4.41. The second kappa shape index (κ2) is 8.71. The van der Waals surface area contributed by atoms with Crippen LogP contribution >= 0.6 is 11.8 Å². The van der Waals surface area contributed by atoms with Gasteiger partial charge in [-0.1, -0.05) is 17.8 Å². The molecule has 1 aromatic heterocycles. The molecule has 1 aliphatic heterocycles. The lowest BCUT2D eigenvalue weighted by Gasteiger charge is -2.32. The number of hydrogen-bond donors (Lipinski definition) is 1. The molecule has 1 amide bonds. The van der Waals surface area contributed by atoms with E-state index in [-0.39, 0.29) is 11.2 Å². The highest BCUT2D eigenvalue weighted by Gasteiger charge is 2.28. The average molecular weight is 392 g/mol. The van der Waals surface area contributed by atoms with Gasteiger partial charge in [0.1, 0.15) is 11.4 Å². The molecule has 1 atom stereocenters. The number of methoxy groups -OCH3 is 1. The van der Waals surface area contributed by atoms with Crippen LogP contribution in [0.1, 0.15) is 19.4 Å². The Kier molecular flexibility index (Phi) is 6.33. The van der Waals surface area contributed by atoms with Crippen molar-refractivity contribution in [2.75, 3.05) is 39.8 Å². The number of thioether (sulfide) groups is 1. The van der Waals surface area contributed by atoms with E-state index in [2.05, 4.69) is 22.4 Å². The van der Waals surface area contributed by atoms with Gasteiger partial charge >= 0.3 is 0 Å². The Hall–Kier alpha value is -2.13. The molecule has 0 aliphatic carbocycles. The van der Waals surface area contributed by atoms with Crippen LogP contribution in [0.3, 0.4) is 0 Å². The molecule has 0 spiro atoms. The van der Waals surface area contributed by atoms with Gasteiger partial charge in [0.05, 0.1) is 45.1 Å². The molecule has 146 valence electrons. The zero-order valence-corrected chi connectivity index (χ0v) is 17.1. The second-order valence-corrected chi connectivity index (χ2v) is 8.05. The summed E-state index contributed by atoms with van der Waals surface area (Å²) in [5.74, 6) is 0.827. The second-order valence-electron chi connectivity index (χ2n) is 6.74. The maximum absolute atomic E-state index is 12.8. The van der Waals surface area contributed by atoms with Crippen LogP contribution < -0.4 is 9.64 Å². The highest BCUT2D eigenvalue weighted by Crippen LogP contribution is 2.29. The molecular weight excluding hydrogens is 364 g/mol. The fourth-order valence-corrected chi connectivity index (χ4v) is 4.12. The lowest BCUT2D eigenvalue weighted by atomic mass is 10.2. The number of nitrogens with one attached hydrogen (secondary N) is 1. The molecular formula is C18H27N6O2S+. The summed E-state index contributed by atoms with van der Waals surface area (Å²) < 4.78 is 7.08. The SMILES string of the molecule is CC[NH+]1CCN(C(=O)[C@@H](C)Sc2nnnn2-c2cc(C)ccc2OC)CC1. The van der Waals surface area contributed by atoms with Gasteiger partial charge in [-0.2, -0.15) is 4.68 Å². The molecule has 1 N–H and O–H groups in total. The lowest BCUT2D eigenvalue weighted by Crippen LogP contribution is -3.14. The number of rotatable bonds is 6. The third-order valence-electron chi connectivity index (χ3n) is 4.92. The van der Waals surface area contributed by atoms with Crippen molar-refractivity contribution in [3.63, 3.8) is 0 Å². The van der Waals surface area contributed by atoms with E-state index in [4.69, 9.17) is 4.74 Å². The maximum Gasteiger partial charge on any atom is 0.236 e. The number of amides is 1. The number of ether oxygens (including phenoxy) is 1. The number of piperazine rings is 1. The Balaban J connectivity index is 1.73. The summed E-state index contributed by atoms with van der Waals surface area (Å²) in [6.07, 6.45) is 0. The number of benzene rings is 1. The zero-order valence-electron chi connectivity index (χ0n) is 16.3. The quantitative estimate of drug-likeness (QED) is 0.710. The van der Waals surface area contributed by atoms with E-state index < -0.39 is 0 Å². The minimum absolute atomic E-state index is 0.140. The fourth-order valence-electron chi connectivity index (χ4n) is 3.23. The minimum atomic E-state index is -0.256. The van der Waals surface area contributed by atoms with Crippen molar-refractivity contribution >= 4 is 17.7 Å². The molecule has 3 rings (SSSR count). The first-order chi connectivity index (χ1) is 13.0. The summed E-state index contributed by atoms with van der Waals surface area (Å²) in [6, 6.07) is 5.84. The fraction of sp³-hybridized carbons (Fsp3) is 0.556. The summed E-state index contributed by atoms with van der Waals surface area (Å²) in [6.45, 7) is 10.9. The van der Waals surface area contributed by atoms with Gasteiger partial charge in [0, 0.05) is 0 Å². The topological polar surface area (TPSA) is 77.6 Å². The number of hydrogen-bond acceptors (Lipinski definition) is 6. The van der Waals surface area contributed by atoms with Crippen LogP contribution in [0.4, 0.5) is 0 Å². The van der Waals surface area contributed by atoms with E-state index in [0.29, 0.717) is 10.9 Å². The Morgan fingerprint density at radius 2 is 2.11 bits per heavy atom. The minimum Gasteiger partial charge on any atom is -0.494 e. The number of quaternary nitrogens is 1. The molecule has 0 saturated carbocycles. The van der Waals surface area contributed by atoms with Crippen LogP contribution in [-0.4, -0.2) is 76.1 Å². The van der Waals surface area contributed by atoms with Crippen LogP contribution in [0.25, 0.3) is 5.69 Å². The highest BCUT2D eigenvalue weighted by atomic mass is 32.2. The van der Waals surface area contributed by atoms with Crippen LogP contribution in [0.2, 0.25) is 0 Å². The molecule has 1 saturated heterocycles. The summed E-state index contributed by atoms with van der Waals surface area (Å²) in [4.78, 5) is 16.3. The standard InChI is InChI=1S/C18H26N6O2S/c1-5-22-8-10-23(11-9-22)17(25)14(3)27-18-19-20-21-24(18)15-12-13(2)6-7-16(15)26-4/h6-7,12,14H,5,8-11H2,1-4H3/p+1/t14-/m1/s1. The van der Waals surface area contributed by atoms with Crippen molar-refractivity contribution in [1.82, 2.24) is 25.1 Å². The zero-order chi connectivity index (χ0) is 19.4. The number of aromatic nitrogens is 4. The highest BCUT2D eigenvalue weighted by molar-refractivity contribution is 8.00. The van der Waals surface area contributed by atoms with E-state index in [1.165, 1.54) is 11.8 Å². The Bertz CT molecular complexity index is 788. The Morgan fingerprint density at radius 3 is 2.78 bits per heavy atom. The van der Waals surface area contributed by atoms with Crippen molar-refractivity contribution in [3.8, 4) is 11.4 Å². The van der Waals surface area contributed by atoms with Gasteiger partial charge in [0.15, 0.2) is 0 Å². The first kappa shape index (κ1) is 19.6. The number of aryl methyl sites for hydroxylation is 1. The maximum atomic E-state index is 12.8. The first-order valence-electron chi connectivity index (χ1n) is 9.26. The van der Waals surface area contributed by atoms with Crippen molar-refractivity contribution in [2.24, 2.45) is 0 Å². The molecule has 1 fully saturated rings. The van der Waals surface area contributed by atoms with Crippen LogP contribution in [-0.2, 0) is 4.79 Å². The van der Waals surface area contributed by atoms with Gasteiger partial charge < -0.3 is 14.5 Å². The molecule has 9 heteroatoms. The van der Waals surface area contributed by atoms with E-state index >= 15 is 0 Å². The van der Waals surface area contributed by atoms with Crippen LogP contribution in [0.5, 0.6) is 5.75 Å². The van der Waals surface area contributed by atoms with Crippen molar-refractivity contribution in [2.45, 2.75) is 31.2 Å². The van der Waals surface area contributed by atoms with E-state index in [9.17, 15) is 4.79 Å². The molecule has 8 nitrogen and oxygen atoms in total. The average Bonchev–Trinajstić information content (AvgIpc) is 3.15.